The average molecular weight is 265 g/mol. The van der Waals surface area contributed by atoms with Gasteiger partial charge in [0.05, 0.1) is 25.0 Å². The summed E-state index contributed by atoms with van der Waals surface area (Å²) in [7, 11) is 3.52. The maximum absolute atomic E-state index is 11.9. The number of carbonyl (C=O) groups excluding carboxylic acids is 1. The molecule has 0 saturated heterocycles. The number of likely N-dealkylation sites (N-methyl/N-ethyl adjacent to an activating group) is 1. The molecule has 0 saturated carbocycles. The van der Waals surface area contributed by atoms with Gasteiger partial charge in [0.15, 0.2) is 0 Å². The third-order valence-electron chi connectivity index (χ3n) is 2.84. The fraction of sp³-hybridized carbons (Fsp3) is 0.500. The largest absolute Gasteiger partial charge is 0.497 e. The Hall–Kier alpha value is -1.75. The molecule has 1 aromatic rings. The molecule has 106 valence electrons. The van der Waals surface area contributed by atoms with Crippen LogP contribution in [0.3, 0.4) is 0 Å². The summed E-state index contributed by atoms with van der Waals surface area (Å²) < 4.78 is 5.06. The van der Waals surface area contributed by atoms with Crippen molar-refractivity contribution in [3.63, 3.8) is 0 Å². The molecule has 1 aromatic carbocycles. The minimum Gasteiger partial charge on any atom is -0.497 e. The molecule has 0 unspecified atom stereocenters. The number of hydrogen-bond donors (Lipinski definition) is 2. The lowest BCUT2D eigenvalue weighted by Crippen LogP contribution is -2.31. The summed E-state index contributed by atoms with van der Waals surface area (Å²) in [6.07, 6.45) is 2.21. The van der Waals surface area contributed by atoms with E-state index in [0.717, 1.165) is 19.4 Å². The molecule has 0 fully saturated rings. The van der Waals surface area contributed by atoms with Crippen molar-refractivity contribution < 1.29 is 9.53 Å². The van der Waals surface area contributed by atoms with Crippen LogP contribution in [-0.4, -0.2) is 38.1 Å². The van der Waals surface area contributed by atoms with E-state index < -0.39 is 0 Å². The van der Waals surface area contributed by atoms with Crippen molar-refractivity contribution >= 4 is 17.3 Å². The van der Waals surface area contributed by atoms with Crippen LogP contribution in [0.4, 0.5) is 11.4 Å². The molecule has 0 bridgehead atoms. The van der Waals surface area contributed by atoms with Gasteiger partial charge in [-0.2, -0.15) is 0 Å². The van der Waals surface area contributed by atoms with E-state index in [1.54, 1.807) is 25.3 Å². The minimum atomic E-state index is -0.0598. The van der Waals surface area contributed by atoms with Crippen molar-refractivity contribution in [2.24, 2.45) is 0 Å². The van der Waals surface area contributed by atoms with E-state index in [9.17, 15) is 4.79 Å². The van der Waals surface area contributed by atoms with E-state index in [1.807, 2.05) is 11.9 Å². The minimum absolute atomic E-state index is 0.0598. The highest BCUT2D eigenvalue weighted by atomic mass is 16.5. The van der Waals surface area contributed by atoms with Crippen molar-refractivity contribution in [1.29, 1.82) is 0 Å². The van der Waals surface area contributed by atoms with Crippen molar-refractivity contribution in [2.45, 2.75) is 19.8 Å². The second-order valence-corrected chi connectivity index (χ2v) is 4.59. The predicted molar refractivity (Wildman–Crippen MR) is 78.4 cm³/mol. The summed E-state index contributed by atoms with van der Waals surface area (Å²) in [6, 6.07) is 5.21. The Morgan fingerprint density at radius 3 is 2.79 bits per heavy atom. The van der Waals surface area contributed by atoms with Crippen molar-refractivity contribution in [1.82, 2.24) is 4.90 Å². The monoisotopic (exact) mass is 265 g/mol. The molecular formula is C14H23N3O2. The number of benzene rings is 1. The van der Waals surface area contributed by atoms with Crippen LogP contribution in [0.1, 0.15) is 19.8 Å². The molecule has 3 N–H and O–H groups in total. The van der Waals surface area contributed by atoms with Crippen molar-refractivity contribution in [2.75, 3.05) is 38.3 Å². The highest BCUT2D eigenvalue weighted by Gasteiger charge is 2.08. The zero-order valence-corrected chi connectivity index (χ0v) is 11.9. The Labute approximate surface area is 114 Å². The van der Waals surface area contributed by atoms with Gasteiger partial charge in [-0.3, -0.25) is 9.69 Å². The van der Waals surface area contributed by atoms with E-state index in [0.29, 0.717) is 23.7 Å². The van der Waals surface area contributed by atoms with Crippen molar-refractivity contribution in [3.05, 3.63) is 18.2 Å². The number of nitrogens with two attached hydrogens (primary N) is 1. The van der Waals surface area contributed by atoms with Crippen LogP contribution in [0.15, 0.2) is 18.2 Å². The Balaban J connectivity index is 2.52. The lowest BCUT2D eigenvalue weighted by molar-refractivity contribution is -0.117. The molecule has 0 atom stereocenters. The Bertz CT molecular complexity index is 421. The van der Waals surface area contributed by atoms with E-state index >= 15 is 0 Å². The Morgan fingerprint density at radius 1 is 1.47 bits per heavy atom. The number of nitrogens with zero attached hydrogens (tertiary/aromatic N) is 1. The van der Waals surface area contributed by atoms with Crippen molar-refractivity contribution in [3.8, 4) is 5.75 Å². The molecule has 0 aliphatic rings. The third kappa shape index (κ3) is 5.18. The molecule has 0 aromatic heterocycles. The number of unbranched alkanes of at least 4 members (excludes halogenated alkanes) is 1. The van der Waals surface area contributed by atoms with Gasteiger partial charge < -0.3 is 15.8 Å². The van der Waals surface area contributed by atoms with Gasteiger partial charge in [0.25, 0.3) is 0 Å². The second-order valence-electron chi connectivity index (χ2n) is 4.59. The summed E-state index contributed by atoms with van der Waals surface area (Å²) in [5.74, 6) is 0.617. The number of hydrogen-bond acceptors (Lipinski definition) is 4. The average Bonchev–Trinajstić information content (AvgIpc) is 2.38. The highest BCUT2D eigenvalue weighted by Crippen LogP contribution is 2.23. The molecule has 1 amide bonds. The van der Waals surface area contributed by atoms with Gasteiger partial charge in [-0.15, -0.1) is 0 Å². The molecule has 0 aliphatic heterocycles. The van der Waals surface area contributed by atoms with Crippen LogP contribution in [-0.2, 0) is 4.79 Å². The van der Waals surface area contributed by atoms with Gasteiger partial charge in [0, 0.05) is 6.07 Å². The SMILES string of the molecule is CCCCN(C)CC(=O)Nc1ccc(OC)cc1N. The Kier molecular flexibility index (Phi) is 6.15. The summed E-state index contributed by atoms with van der Waals surface area (Å²) in [5.41, 5.74) is 6.97. The lowest BCUT2D eigenvalue weighted by atomic mass is 10.2. The van der Waals surface area contributed by atoms with Gasteiger partial charge in [-0.05, 0) is 32.1 Å². The summed E-state index contributed by atoms with van der Waals surface area (Å²) in [5, 5.41) is 2.81. The molecule has 0 aliphatic carbocycles. The van der Waals surface area contributed by atoms with E-state index in [4.69, 9.17) is 10.5 Å². The first-order chi connectivity index (χ1) is 9.06. The molecule has 19 heavy (non-hydrogen) atoms. The fourth-order valence-corrected chi connectivity index (χ4v) is 1.72. The molecule has 0 radical (unpaired) electrons. The van der Waals surface area contributed by atoms with E-state index in [-0.39, 0.29) is 5.91 Å². The third-order valence-corrected chi connectivity index (χ3v) is 2.84. The number of anilines is 2. The quantitative estimate of drug-likeness (QED) is 0.739. The number of rotatable bonds is 7. The van der Waals surface area contributed by atoms with Crippen LogP contribution >= 0.6 is 0 Å². The van der Waals surface area contributed by atoms with Crippen LogP contribution in [0.25, 0.3) is 0 Å². The van der Waals surface area contributed by atoms with Gasteiger partial charge in [0.1, 0.15) is 5.75 Å². The highest BCUT2D eigenvalue weighted by molar-refractivity contribution is 5.95. The first-order valence-corrected chi connectivity index (χ1v) is 6.48. The number of nitrogen functional groups attached to an aromatic ring is 1. The van der Waals surface area contributed by atoms with Crippen LogP contribution in [0.5, 0.6) is 5.75 Å². The maximum atomic E-state index is 11.9. The molecule has 0 spiro atoms. The molecule has 1 rings (SSSR count). The van der Waals surface area contributed by atoms with Crippen LogP contribution in [0.2, 0.25) is 0 Å². The zero-order valence-electron chi connectivity index (χ0n) is 11.9. The molecule has 5 heteroatoms. The van der Waals surface area contributed by atoms with Gasteiger partial charge in [-0.25, -0.2) is 0 Å². The van der Waals surface area contributed by atoms with Crippen LogP contribution < -0.4 is 15.8 Å². The summed E-state index contributed by atoms with van der Waals surface area (Å²) in [6.45, 7) is 3.42. The fourth-order valence-electron chi connectivity index (χ4n) is 1.72. The smallest absolute Gasteiger partial charge is 0.238 e. The second kappa shape index (κ2) is 7.63. The number of methoxy groups -OCH3 is 1. The first kappa shape index (κ1) is 15.3. The molecule has 5 nitrogen and oxygen atoms in total. The summed E-state index contributed by atoms with van der Waals surface area (Å²) in [4.78, 5) is 13.9. The maximum Gasteiger partial charge on any atom is 0.238 e. The Morgan fingerprint density at radius 2 is 2.21 bits per heavy atom. The van der Waals surface area contributed by atoms with Gasteiger partial charge >= 0.3 is 0 Å². The zero-order chi connectivity index (χ0) is 14.3. The summed E-state index contributed by atoms with van der Waals surface area (Å²) >= 11 is 0. The van der Waals surface area contributed by atoms with Crippen LogP contribution in [0, 0.1) is 0 Å². The molecular weight excluding hydrogens is 242 g/mol. The number of amides is 1. The topological polar surface area (TPSA) is 67.6 Å². The number of ether oxygens (including phenoxy) is 1. The molecule has 0 heterocycles. The van der Waals surface area contributed by atoms with E-state index in [2.05, 4.69) is 12.2 Å². The number of carbonyl (C=O) groups is 1. The number of nitrogens with one attached hydrogen (secondary N) is 1. The van der Waals surface area contributed by atoms with Gasteiger partial charge in [0.2, 0.25) is 5.91 Å². The predicted octanol–water partition coefficient (Wildman–Crippen LogP) is 1.95. The first-order valence-electron chi connectivity index (χ1n) is 6.48. The normalized spacial score (nSPS) is 10.5. The lowest BCUT2D eigenvalue weighted by Gasteiger charge is -2.16. The van der Waals surface area contributed by atoms with Gasteiger partial charge in [-0.1, -0.05) is 13.3 Å². The van der Waals surface area contributed by atoms with E-state index in [1.165, 1.54) is 0 Å². The standard InChI is InChI=1S/C14H23N3O2/c1-4-5-8-17(2)10-14(18)16-13-7-6-11(19-3)9-12(13)15/h6-7,9H,4-5,8,10,15H2,1-3H3,(H,16,18).